The topological polar surface area (TPSA) is 76.1 Å². The van der Waals surface area contributed by atoms with Gasteiger partial charge in [0.2, 0.25) is 0 Å². The fourth-order valence-electron chi connectivity index (χ4n) is 1.97. The summed E-state index contributed by atoms with van der Waals surface area (Å²) in [5.41, 5.74) is -0.251. The third-order valence-corrected chi connectivity index (χ3v) is 3.39. The van der Waals surface area contributed by atoms with Gasteiger partial charge >= 0.3 is 5.97 Å². The van der Waals surface area contributed by atoms with Gasteiger partial charge in [-0.2, -0.15) is 0 Å². The number of ether oxygens (including phenoxy) is 2. The van der Waals surface area contributed by atoms with Crippen LogP contribution in [0.4, 0.5) is 4.39 Å². The van der Waals surface area contributed by atoms with Crippen molar-refractivity contribution in [1.29, 1.82) is 0 Å². The molecular weight excluding hydrogens is 293 g/mol. The summed E-state index contributed by atoms with van der Waals surface area (Å²) < 4.78 is 24.2. The third kappa shape index (κ3) is 3.87. The lowest BCUT2D eigenvalue weighted by Gasteiger charge is -2.27. The van der Waals surface area contributed by atoms with Crippen LogP contribution in [0.3, 0.4) is 0 Å². The van der Waals surface area contributed by atoms with Gasteiger partial charge in [-0.1, -0.05) is 6.92 Å². The first-order valence-electron chi connectivity index (χ1n) is 6.79. The maximum absolute atomic E-state index is 14.1. The number of methoxy groups -OCH3 is 2. The number of hydrogen-bond donors (Lipinski definition) is 1. The second-order valence-electron chi connectivity index (χ2n) is 4.77. The van der Waals surface area contributed by atoms with Gasteiger partial charge < -0.3 is 19.5 Å². The molecule has 1 aromatic carbocycles. The number of amides is 1. The summed E-state index contributed by atoms with van der Waals surface area (Å²) >= 11 is 0. The van der Waals surface area contributed by atoms with Gasteiger partial charge in [-0.15, -0.1) is 0 Å². The van der Waals surface area contributed by atoms with Crippen LogP contribution in [-0.4, -0.2) is 48.7 Å². The van der Waals surface area contributed by atoms with Gasteiger partial charge in [0.15, 0.2) is 11.5 Å². The number of aliphatic carboxylic acids is 1. The minimum Gasteiger partial charge on any atom is -0.493 e. The second kappa shape index (κ2) is 7.63. The number of nitrogens with zero attached hydrogens (tertiary/aromatic N) is 1. The Morgan fingerprint density at radius 3 is 2.27 bits per heavy atom. The van der Waals surface area contributed by atoms with Crippen molar-refractivity contribution in [2.45, 2.75) is 26.3 Å². The quantitative estimate of drug-likeness (QED) is 0.835. The number of carboxylic acid groups (broad SMARTS) is 1. The van der Waals surface area contributed by atoms with E-state index < -0.39 is 24.2 Å². The van der Waals surface area contributed by atoms with Crippen LogP contribution in [0.15, 0.2) is 12.1 Å². The maximum Gasteiger partial charge on any atom is 0.323 e. The smallest absolute Gasteiger partial charge is 0.323 e. The summed E-state index contributed by atoms with van der Waals surface area (Å²) in [6.07, 6.45) is 0.550. The molecule has 1 atom stereocenters. The highest BCUT2D eigenvalue weighted by Gasteiger charge is 2.26. The molecule has 0 radical (unpaired) electrons. The van der Waals surface area contributed by atoms with E-state index >= 15 is 0 Å². The van der Waals surface area contributed by atoms with Crippen LogP contribution in [0.1, 0.15) is 30.6 Å². The minimum absolute atomic E-state index is 0.157. The van der Waals surface area contributed by atoms with Crippen molar-refractivity contribution in [3.63, 3.8) is 0 Å². The summed E-state index contributed by atoms with van der Waals surface area (Å²) in [4.78, 5) is 24.6. The molecule has 7 heteroatoms. The van der Waals surface area contributed by atoms with Crippen LogP contribution in [0.5, 0.6) is 11.5 Å². The van der Waals surface area contributed by atoms with E-state index in [0.717, 1.165) is 11.0 Å². The van der Waals surface area contributed by atoms with E-state index in [0.29, 0.717) is 6.42 Å². The molecule has 0 aliphatic rings. The van der Waals surface area contributed by atoms with E-state index in [1.54, 1.807) is 6.92 Å². The van der Waals surface area contributed by atoms with Crippen LogP contribution in [0, 0.1) is 5.82 Å². The largest absolute Gasteiger partial charge is 0.493 e. The molecule has 1 aromatic rings. The molecule has 6 nitrogen and oxygen atoms in total. The van der Waals surface area contributed by atoms with Crippen LogP contribution in [-0.2, 0) is 4.79 Å². The van der Waals surface area contributed by atoms with Crippen LogP contribution >= 0.6 is 0 Å². The van der Waals surface area contributed by atoms with Crippen molar-refractivity contribution < 1.29 is 28.6 Å². The van der Waals surface area contributed by atoms with Gasteiger partial charge in [-0.3, -0.25) is 9.59 Å². The second-order valence-corrected chi connectivity index (χ2v) is 4.77. The zero-order chi connectivity index (χ0) is 16.9. The molecule has 0 saturated heterocycles. The molecule has 1 rings (SSSR count). The molecular formula is C15H20FNO5. The van der Waals surface area contributed by atoms with Gasteiger partial charge in [-0.05, 0) is 19.4 Å². The Morgan fingerprint density at radius 2 is 1.82 bits per heavy atom. The van der Waals surface area contributed by atoms with E-state index in [9.17, 15) is 14.0 Å². The lowest BCUT2D eigenvalue weighted by molar-refractivity contribution is -0.138. The fourth-order valence-corrected chi connectivity index (χ4v) is 1.97. The zero-order valence-electron chi connectivity index (χ0n) is 13.1. The van der Waals surface area contributed by atoms with E-state index in [2.05, 4.69) is 0 Å². The highest BCUT2D eigenvalue weighted by Crippen LogP contribution is 2.30. The number of benzene rings is 1. The normalized spacial score (nSPS) is 11.7. The molecule has 1 amide bonds. The molecule has 22 heavy (non-hydrogen) atoms. The number of hydrogen-bond acceptors (Lipinski definition) is 4. The Balaban J connectivity index is 3.26. The number of carbonyl (C=O) groups is 2. The van der Waals surface area contributed by atoms with Crippen molar-refractivity contribution in [1.82, 2.24) is 4.90 Å². The van der Waals surface area contributed by atoms with Crippen LogP contribution < -0.4 is 9.47 Å². The Kier molecular flexibility index (Phi) is 6.15. The van der Waals surface area contributed by atoms with Gasteiger partial charge in [-0.25, -0.2) is 4.39 Å². The van der Waals surface area contributed by atoms with E-state index in [1.165, 1.54) is 20.3 Å². The summed E-state index contributed by atoms with van der Waals surface area (Å²) in [5.74, 6) is -2.29. The van der Waals surface area contributed by atoms with E-state index in [1.807, 2.05) is 6.92 Å². The molecule has 0 spiro atoms. The molecule has 0 heterocycles. The predicted molar refractivity (Wildman–Crippen MR) is 77.9 cm³/mol. The number of rotatable bonds is 7. The minimum atomic E-state index is -1.16. The Hall–Kier alpha value is -2.31. The zero-order valence-corrected chi connectivity index (χ0v) is 13.1. The summed E-state index contributed by atoms with van der Waals surface area (Å²) in [6, 6.07) is 1.92. The lowest BCUT2D eigenvalue weighted by atomic mass is 10.1. The van der Waals surface area contributed by atoms with E-state index in [-0.39, 0.29) is 23.1 Å². The highest BCUT2D eigenvalue weighted by molar-refractivity contribution is 5.97. The highest BCUT2D eigenvalue weighted by atomic mass is 19.1. The molecule has 0 bridgehead atoms. The maximum atomic E-state index is 14.1. The molecule has 0 aliphatic heterocycles. The van der Waals surface area contributed by atoms with Gasteiger partial charge in [0.25, 0.3) is 5.91 Å². The van der Waals surface area contributed by atoms with Gasteiger partial charge in [0.05, 0.1) is 19.8 Å². The number of halogens is 1. The van der Waals surface area contributed by atoms with Crippen molar-refractivity contribution >= 4 is 11.9 Å². The first-order chi connectivity index (χ1) is 10.3. The van der Waals surface area contributed by atoms with Crippen molar-refractivity contribution in [3.05, 3.63) is 23.5 Å². The molecule has 0 aromatic heterocycles. The Morgan fingerprint density at radius 1 is 1.27 bits per heavy atom. The standard InChI is InChI=1S/C15H20FNO5/c1-5-9(2)17(8-14(18)19)15(20)10-6-12(21-3)13(22-4)7-11(10)16/h6-7,9H,5,8H2,1-4H3,(H,18,19). The third-order valence-electron chi connectivity index (χ3n) is 3.39. The van der Waals surface area contributed by atoms with Crippen molar-refractivity contribution in [2.24, 2.45) is 0 Å². The van der Waals surface area contributed by atoms with Crippen molar-refractivity contribution in [3.8, 4) is 11.5 Å². The summed E-state index contributed by atoms with van der Waals surface area (Å²) in [7, 11) is 2.72. The Labute approximate surface area is 128 Å². The summed E-state index contributed by atoms with van der Waals surface area (Å²) in [5, 5.41) is 8.94. The van der Waals surface area contributed by atoms with E-state index in [4.69, 9.17) is 14.6 Å². The molecule has 0 fully saturated rings. The lowest BCUT2D eigenvalue weighted by Crippen LogP contribution is -2.42. The monoisotopic (exact) mass is 313 g/mol. The average molecular weight is 313 g/mol. The average Bonchev–Trinajstić information content (AvgIpc) is 2.50. The fraction of sp³-hybridized carbons (Fsp3) is 0.467. The molecule has 0 saturated carbocycles. The van der Waals surface area contributed by atoms with Gasteiger partial charge in [0, 0.05) is 12.1 Å². The number of carbonyl (C=O) groups excluding carboxylic acids is 1. The molecule has 1 unspecified atom stereocenters. The predicted octanol–water partition coefficient (Wildman–Crippen LogP) is 2.17. The molecule has 1 N–H and O–H groups in total. The number of carboxylic acids is 1. The van der Waals surface area contributed by atoms with Crippen LogP contribution in [0.25, 0.3) is 0 Å². The van der Waals surface area contributed by atoms with Gasteiger partial charge in [0.1, 0.15) is 12.4 Å². The first kappa shape index (κ1) is 17.7. The first-order valence-corrected chi connectivity index (χ1v) is 6.79. The Bertz CT molecular complexity index is 561. The molecule has 122 valence electrons. The molecule has 0 aliphatic carbocycles. The van der Waals surface area contributed by atoms with Crippen molar-refractivity contribution in [2.75, 3.05) is 20.8 Å². The summed E-state index contributed by atoms with van der Waals surface area (Å²) in [6.45, 7) is 3.03. The SMILES string of the molecule is CCC(C)N(CC(=O)O)C(=O)c1cc(OC)c(OC)cc1F. The van der Waals surface area contributed by atoms with Crippen LogP contribution in [0.2, 0.25) is 0 Å².